The molecule has 0 rings (SSSR count). The zero-order valence-electron chi connectivity index (χ0n) is 7.58. The molecule has 17 heavy (non-hydrogen) atoms. The third-order valence-electron chi connectivity index (χ3n) is 0.463. The second kappa shape index (κ2) is 11.8. The van der Waals surface area contributed by atoms with Crippen LogP contribution in [0, 0.1) is 0 Å². The van der Waals surface area contributed by atoms with Gasteiger partial charge in [-0.3, -0.25) is 0 Å². The van der Waals surface area contributed by atoms with Gasteiger partial charge in [-0.05, 0) is 0 Å². The molecule has 0 unspecified atom stereocenters. The Labute approximate surface area is 140 Å². The Balaban J connectivity index is -0.0000000480. The molecule has 1 radical (unpaired) electrons. The van der Waals surface area contributed by atoms with Crippen LogP contribution >= 0.6 is 0 Å². The predicted octanol–water partition coefficient (Wildman–Crippen LogP) is -7.40. The van der Waals surface area contributed by atoms with Gasteiger partial charge in [0.2, 0.25) is 0 Å². The standard InChI is InChI=1S/2C2HF3O2.Cu.HI.Na/c2*3-2(4,5)1(6)7;;;/h2*(H,6,7);;1H;/q;;+2;;+1/p-3. The summed E-state index contributed by atoms with van der Waals surface area (Å²) in [5.41, 5.74) is 0. The van der Waals surface area contributed by atoms with Gasteiger partial charge in [0.1, 0.15) is 11.9 Å². The minimum atomic E-state index is -5.19. The molecule has 0 N–H and O–H groups in total. The smallest absolute Gasteiger partial charge is 1.00 e. The first-order chi connectivity index (χ1) is 5.89. The molecule has 0 saturated carbocycles. The van der Waals surface area contributed by atoms with Crippen LogP contribution in [0.1, 0.15) is 0 Å². The Morgan fingerprint density at radius 2 is 0.824 bits per heavy atom. The number of carbonyl (C=O) groups excluding carboxylic acids is 2. The normalized spacial score (nSPS) is 9.29. The van der Waals surface area contributed by atoms with E-state index in [1.54, 1.807) is 0 Å². The first-order valence-corrected chi connectivity index (χ1v) is 2.45. The van der Waals surface area contributed by atoms with Gasteiger partial charge in [-0.2, -0.15) is 26.3 Å². The molecule has 0 aromatic rings. The zero-order chi connectivity index (χ0) is 12.2. The van der Waals surface area contributed by atoms with Crippen LogP contribution in [0.5, 0.6) is 0 Å². The molecule has 4 nitrogen and oxygen atoms in total. The van der Waals surface area contributed by atoms with Crippen molar-refractivity contribution in [2.45, 2.75) is 12.4 Å². The molecule has 0 aliphatic heterocycles. The van der Waals surface area contributed by atoms with Crippen LogP contribution < -0.4 is 63.7 Å². The number of hydrogen-bond acceptors (Lipinski definition) is 4. The van der Waals surface area contributed by atoms with Crippen molar-refractivity contribution in [3.63, 3.8) is 0 Å². The SMILES string of the molecule is O=C([O-])C(F)(F)F.O=C([O-])C(F)(F)F.[Cu+2].[I-].[Na+]. The Morgan fingerprint density at radius 1 is 0.765 bits per heavy atom. The average Bonchev–Trinajstić information content (AvgIpc) is 1.83. The molecule has 0 aromatic carbocycles. The topological polar surface area (TPSA) is 80.3 Å². The predicted molar refractivity (Wildman–Crippen MR) is 22.1 cm³/mol. The first-order valence-electron chi connectivity index (χ1n) is 2.45. The van der Waals surface area contributed by atoms with Crippen molar-refractivity contribution in [3.8, 4) is 0 Å². The summed E-state index contributed by atoms with van der Waals surface area (Å²) in [6, 6.07) is 0. The summed E-state index contributed by atoms with van der Waals surface area (Å²) in [5.74, 6) is -6.01. The van der Waals surface area contributed by atoms with Gasteiger partial charge in [0.25, 0.3) is 0 Å². The second-order valence-electron chi connectivity index (χ2n) is 1.57. The Bertz CT molecular complexity index is 207. The van der Waals surface area contributed by atoms with Gasteiger partial charge >= 0.3 is 59.0 Å². The summed E-state index contributed by atoms with van der Waals surface area (Å²) in [6.45, 7) is 0. The second-order valence-corrected chi connectivity index (χ2v) is 1.57. The minimum Gasteiger partial charge on any atom is -1.00 e. The molecule has 0 aliphatic rings. The molecule has 0 aromatic heterocycles. The van der Waals surface area contributed by atoms with Gasteiger partial charge in [0.15, 0.2) is 0 Å². The van der Waals surface area contributed by atoms with E-state index >= 15 is 0 Å². The van der Waals surface area contributed by atoms with Gasteiger partial charge in [0, 0.05) is 0 Å². The summed E-state index contributed by atoms with van der Waals surface area (Å²) in [7, 11) is 0. The van der Waals surface area contributed by atoms with Crippen molar-refractivity contribution < 1.29 is 117 Å². The molecule has 0 heterocycles. The van der Waals surface area contributed by atoms with Crippen LogP contribution in [0.15, 0.2) is 0 Å². The quantitative estimate of drug-likeness (QED) is 0.213. The van der Waals surface area contributed by atoms with Crippen molar-refractivity contribution in [2.24, 2.45) is 0 Å². The molecule has 0 spiro atoms. The first kappa shape index (κ1) is 30.6. The number of carbonyl (C=O) groups is 2. The third kappa shape index (κ3) is 22.4. The molecular formula is C4CuF6INaO4. The molecule has 0 fully saturated rings. The number of carboxylic acid groups (broad SMARTS) is 2. The van der Waals surface area contributed by atoms with E-state index in [0.29, 0.717) is 0 Å². The number of alkyl halides is 6. The van der Waals surface area contributed by atoms with E-state index < -0.39 is 24.3 Å². The molecule has 0 amide bonds. The van der Waals surface area contributed by atoms with Crippen molar-refractivity contribution in [3.05, 3.63) is 0 Å². The number of aliphatic carboxylic acids is 2. The fourth-order valence-electron chi connectivity index (χ4n) is 0. The molecule has 0 atom stereocenters. The average molecular weight is 439 g/mol. The zero-order valence-corrected chi connectivity index (χ0v) is 12.7. The molecular weight excluding hydrogens is 439 g/mol. The van der Waals surface area contributed by atoms with Crippen LogP contribution in [0.25, 0.3) is 0 Å². The van der Waals surface area contributed by atoms with Gasteiger partial charge in [-0.25, -0.2) is 0 Å². The van der Waals surface area contributed by atoms with Gasteiger partial charge in [-0.15, -0.1) is 0 Å². The Hall–Kier alpha value is 0.769. The van der Waals surface area contributed by atoms with E-state index in [1.165, 1.54) is 0 Å². The fourth-order valence-corrected chi connectivity index (χ4v) is 0. The summed E-state index contributed by atoms with van der Waals surface area (Å²) in [4.78, 5) is 17.6. The van der Waals surface area contributed by atoms with Gasteiger partial charge < -0.3 is 43.8 Å². The maximum Gasteiger partial charge on any atom is 2.00 e. The van der Waals surface area contributed by atoms with E-state index in [2.05, 4.69) is 0 Å². The van der Waals surface area contributed by atoms with Crippen molar-refractivity contribution in [1.82, 2.24) is 0 Å². The summed E-state index contributed by atoms with van der Waals surface area (Å²) in [5, 5.41) is 17.6. The fraction of sp³-hybridized carbons (Fsp3) is 0.500. The van der Waals surface area contributed by atoms with Crippen LogP contribution in [0.2, 0.25) is 0 Å². The molecule has 13 heteroatoms. The maximum atomic E-state index is 10.5. The van der Waals surface area contributed by atoms with E-state index in [-0.39, 0.29) is 70.6 Å². The number of halogens is 7. The maximum absolute atomic E-state index is 10.5. The third-order valence-corrected chi connectivity index (χ3v) is 0.463. The number of rotatable bonds is 0. The number of hydrogen-bond donors (Lipinski definition) is 0. The molecule has 0 saturated heterocycles. The summed E-state index contributed by atoms with van der Waals surface area (Å²) >= 11 is 0. The van der Waals surface area contributed by atoms with Crippen LogP contribution in [-0.2, 0) is 26.7 Å². The molecule has 0 bridgehead atoms. The minimum absolute atomic E-state index is 0. The molecule has 0 aliphatic carbocycles. The van der Waals surface area contributed by atoms with Crippen molar-refractivity contribution >= 4 is 11.9 Å². The van der Waals surface area contributed by atoms with Crippen molar-refractivity contribution in [2.75, 3.05) is 0 Å². The van der Waals surface area contributed by atoms with Crippen LogP contribution in [0.4, 0.5) is 26.3 Å². The van der Waals surface area contributed by atoms with E-state index in [1.807, 2.05) is 0 Å². The Kier molecular flexibility index (Phi) is 21.3. The van der Waals surface area contributed by atoms with Crippen molar-refractivity contribution in [1.29, 1.82) is 0 Å². The van der Waals surface area contributed by atoms with E-state index in [9.17, 15) is 26.3 Å². The Morgan fingerprint density at radius 3 is 0.824 bits per heavy atom. The van der Waals surface area contributed by atoms with Crippen LogP contribution in [-0.4, -0.2) is 24.3 Å². The summed E-state index contributed by atoms with van der Waals surface area (Å²) < 4.78 is 63.1. The van der Waals surface area contributed by atoms with Crippen LogP contribution in [0.3, 0.4) is 0 Å². The summed E-state index contributed by atoms with van der Waals surface area (Å²) in [6.07, 6.45) is -10.4. The van der Waals surface area contributed by atoms with Gasteiger partial charge in [-0.1, -0.05) is 0 Å². The van der Waals surface area contributed by atoms with Gasteiger partial charge in [0.05, 0.1) is 0 Å². The van der Waals surface area contributed by atoms with E-state index in [0.717, 1.165) is 0 Å². The number of carboxylic acids is 2. The monoisotopic (exact) mass is 439 g/mol. The largest absolute Gasteiger partial charge is 2.00 e. The van der Waals surface area contributed by atoms with E-state index in [4.69, 9.17) is 19.8 Å². The molecule has 101 valence electrons.